The van der Waals surface area contributed by atoms with Crippen molar-refractivity contribution in [3.63, 3.8) is 0 Å². The Morgan fingerprint density at radius 3 is 2.70 bits per heavy atom. The summed E-state index contributed by atoms with van der Waals surface area (Å²) in [6.07, 6.45) is 6.10. The lowest BCUT2D eigenvalue weighted by molar-refractivity contribution is 0.0853. The van der Waals surface area contributed by atoms with Gasteiger partial charge in [-0.1, -0.05) is 18.6 Å². The van der Waals surface area contributed by atoms with Crippen molar-refractivity contribution in [3.8, 4) is 5.75 Å². The van der Waals surface area contributed by atoms with Crippen LogP contribution in [0.4, 0.5) is 0 Å². The molecule has 2 saturated heterocycles. The van der Waals surface area contributed by atoms with Gasteiger partial charge in [-0.05, 0) is 49.8 Å². The molecule has 0 radical (unpaired) electrons. The molecule has 0 bridgehead atoms. The van der Waals surface area contributed by atoms with Crippen molar-refractivity contribution in [1.82, 2.24) is 5.32 Å². The van der Waals surface area contributed by atoms with Crippen LogP contribution in [0.25, 0.3) is 0 Å². The molecule has 1 N–H and O–H groups in total. The van der Waals surface area contributed by atoms with Gasteiger partial charge in [0.05, 0.1) is 7.11 Å². The van der Waals surface area contributed by atoms with Crippen LogP contribution in [0.3, 0.4) is 0 Å². The van der Waals surface area contributed by atoms with Crippen LogP contribution < -0.4 is 10.1 Å². The van der Waals surface area contributed by atoms with Crippen molar-refractivity contribution in [2.45, 2.75) is 44.1 Å². The molecule has 3 rings (SSSR count). The van der Waals surface area contributed by atoms with Crippen LogP contribution in [-0.2, 0) is 4.74 Å². The molecule has 0 saturated carbocycles. The topological polar surface area (TPSA) is 30.5 Å². The van der Waals surface area contributed by atoms with Crippen LogP contribution in [-0.4, -0.2) is 26.9 Å². The van der Waals surface area contributed by atoms with E-state index in [-0.39, 0.29) is 0 Å². The van der Waals surface area contributed by atoms with Crippen molar-refractivity contribution >= 4 is 0 Å². The molecule has 3 nitrogen and oxygen atoms in total. The van der Waals surface area contributed by atoms with Crippen LogP contribution in [0.1, 0.15) is 55.2 Å². The van der Waals surface area contributed by atoms with E-state index in [1.165, 1.54) is 30.4 Å². The van der Waals surface area contributed by atoms with Crippen LogP contribution in [0.15, 0.2) is 18.2 Å². The summed E-state index contributed by atoms with van der Waals surface area (Å²) in [5.41, 5.74) is 2.80. The minimum absolute atomic E-state index is 0.457. The molecule has 0 aromatic heterocycles. The third kappa shape index (κ3) is 2.99. The number of methoxy groups -OCH3 is 1. The number of hydrogen-bond acceptors (Lipinski definition) is 3. The first kappa shape index (κ1) is 13.9. The molecule has 20 heavy (non-hydrogen) atoms. The standard InChI is InChI=1S/C17H25NO2/c1-19-17-6-5-14(13-7-10-20-11-8-13)12-15(17)16-4-2-3-9-18-16/h5-6,12-13,16,18H,2-4,7-11H2,1H3. The van der Waals surface area contributed by atoms with Crippen LogP contribution in [0.2, 0.25) is 0 Å². The second-order valence-electron chi connectivity index (χ2n) is 5.89. The maximum absolute atomic E-state index is 5.58. The number of hydrogen-bond donors (Lipinski definition) is 1. The molecule has 0 aliphatic carbocycles. The minimum atomic E-state index is 0.457. The summed E-state index contributed by atoms with van der Waals surface area (Å²) >= 11 is 0. The van der Waals surface area contributed by atoms with E-state index in [4.69, 9.17) is 9.47 Å². The zero-order valence-corrected chi connectivity index (χ0v) is 12.4. The molecule has 1 aromatic rings. The van der Waals surface area contributed by atoms with E-state index in [2.05, 4.69) is 23.5 Å². The van der Waals surface area contributed by atoms with Crippen LogP contribution >= 0.6 is 0 Å². The molecular formula is C17H25NO2. The van der Waals surface area contributed by atoms with Gasteiger partial charge >= 0.3 is 0 Å². The zero-order chi connectivity index (χ0) is 13.8. The van der Waals surface area contributed by atoms with E-state index in [9.17, 15) is 0 Å². The fourth-order valence-corrected chi connectivity index (χ4v) is 3.43. The minimum Gasteiger partial charge on any atom is -0.496 e. The predicted octanol–water partition coefficient (Wildman–Crippen LogP) is 3.40. The Morgan fingerprint density at radius 1 is 1.15 bits per heavy atom. The van der Waals surface area contributed by atoms with Gasteiger partial charge < -0.3 is 14.8 Å². The molecule has 2 aliphatic heterocycles. The SMILES string of the molecule is COc1ccc(C2CCOCC2)cc1C1CCCCN1. The van der Waals surface area contributed by atoms with Crippen molar-refractivity contribution in [3.05, 3.63) is 29.3 Å². The summed E-state index contributed by atoms with van der Waals surface area (Å²) < 4.78 is 11.1. The highest BCUT2D eigenvalue weighted by Gasteiger charge is 2.22. The molecule has 110 valence electrons. The van der Waals surface area contributed by atoms with E-state index >= 15 is 0 Å². The Labute approximate surface area is 121 Å². The summed E-state index contributed by atoms with van der Waals surface area (Å²) in [6, 6.07) is 7.22. The quantitative estimate of drug-likeness (QED) is 0.917. The summed E-state index contributed by atoms with van der Waals surface area (Å²) in [4.78, 5) is 0. The van der Waals surface area contributed by atoms with Crippen LogP contribution in [0, 0.1) is 0 Å². The van der Waals surface area contributed by atoms with Crippen LogP contribution in [0.5, 0.6) is 5.75 Å². The van der Waals surface area contributed by atoms with Gasteiger partial charge in [-0.2, -0.15) is 0 Å². The van der Waals surface area contributed by atoms with Crippen molar-refractivity contribution in [1.29, 1.82) is 0 Å². The highest BCUT2D eigenvalue weighted by Crippen LogP contribution is 2.35. The van der Waals surface area contributed by atoms with Crippen molar-refractivity contribution in [2.24, 2.45) is 0 Å². The third-order valence-corrected chi connectivity index (χ3v) is 4.63. The van der Waals surface area contributed by atoms with E-state index in [1.807, 2.05) is 0 Å². The molecule has 3 heteroatoms. The molecule has 2 heterocycles. The Balaban J connectivity index is 1.85. The maximum atomic E-state index is 5.58. The number of piperidine rings is 1. The van der Waals surface area contributed by atoms with Gasteiger partial charge in [0.15, 0.2) is 0 Å². The molecular weight excluding hydrogens is 250 g/mol. The second kappa shape index (κ2) is 6.59. The lowest BCUT2D eigenvalue weighted by Gasteiger charge is -2.28. The van der Waals surface area contributed by atoms with Crippen molar-refractivity contribution in [2.75, 3.05) is 26.9 Å². The fraction of sp³-hybridized carbons (Fsp3) is 0.647. The number of benzene rings is 1. The molecule has 2 aliphatic rings. The first-order valence-corrected chi connectivity index (χ1v) is 7.87. The van der Waals surface area contributed by atoms with Gasteiger partial charge in [0.1, 0.15) is 5.75 Å². The molecule has 0 amide bonds. The number of ether oxygens (including phenoxy) is 2. The Bertz CT molecular complexity index is 435. The monoisotopic (exact) mass is 275 g/mol. The largest absolute Gasteiger partial charge is 0.496 e. The molecule has 1 aromatic carbocycles. The normalized spacial score (nSPS) is 24.6. The first-order valence-electron chi connectivity index (χ1n) is 7.87. The Morgan fingerprint density at radius 2 is 2.00 bits per heavy atom. The smallest absolute Gasteiger partial charge is 0.123 e. The average molecular weight is 275 g/mol. The molecule has 0 spiro atoms. The zero-order valence-electron chi connectivity index (χ0n) is 12.4. The molecule has 1 unspecified atom stereocenters. The highest BCUT2D eigenvalue weighted by molar-refractivity contribution is 5.41. The number of nitrogens with one attached hydrogen (secondary N) is 1. The van der Waals surface area contributed by atoms with E-state index in [1.54, 1.807) is 7.11 Å². The summed E-state index contributed by atoms with van der Waals surface area (Å²) in [7, 11) is 1.77. The summed E-state index contributed by atoms with van der Waals surface area (Å²) in [5.74, 6) is 1.68. The van der Waals surface area contributed by atoms with Gasteiger partial charge in [-0.25, -0.2) is 0 Å². The Hall–Kier alpha value is -1.06. The number of rotatable bonds is 3. The predicted molar refractivity (Wildman–Crippen MR) is 80.4 cm³/mol. The average Bonchev–Trinajstić information content (AvgIpc) is 2.56. The lowest BCUT2D eigenvalue weighted by atomic mass is 9.88. The van der Waals surface area contributed by atoms with Gasteiger partial charge in [0.25, 0.3) is 0 Å². The van der Waals surface area contributed by atoms with E-state index in [0.717, 1.165) is 38.3 Å². The van der Waals surface area contributed by atoms with Gasteiger partial charge in [0.2, 0.25) is 0 Å². The van der Waals surface area contributed by atoms with Crippen molar-refractivity contribution < 1.29 is 9.47 Å². The maximum Gasteiger partial charge on any atom is 0.123 e. The third-order valence-electron chi connectivity index (χ3n) is 4.63. The molecule has 1 atom stereocenters. The second-order valence-corrected chi connectivity index (χ2v) is 5.89. The Kier molecular flexibility index (Phi) is 4.58. The fourth-order valence-electron chi connectivity index (χ4n) is 3.43. The van der Waals surface area contributed by atoms with Gasteiger partial charge in [-0.15, -0.1) is 0 Å². The highest BCUT2D eigenvalue weighted by atomic mass is 16.5. The molecule has 2 fully saturated rings. The van der Waals surface area contributed by atoms with Gasteiger partial charge in [-0.3, -0.25) is 0 Å². The summed E-state index contributed by atoms with van der Waals surface area (Å²) in [5, 5.41) is 3.64. The lowest BCUT2D eigenvalue weighted by Crippen LogP contribution is -2.27. The van der Waals surface area contributed by atoms with E-state index < -0.39 is 0 Å². The first-order chi connectivity index (χ1) is 9.88. The van der Waals surface area contributed by atoms with Gasteiger partial charge in [0, 0.05) is 24.8 Å². The van der Waals surface area contributed by atoms with E-state index in [0.29, 0.717) is 12.0 Å². The summed E-state index contributed by atoms with van der Waals surface area (Å²) in [6.45, 7) is 2.91.